The molecule has 1 aliphatic rings. The lowest BCUT2D eigenvalue weighted by atomic mass is 10.1. The minimum atomic E-state index is -0.532. The second kappa shape index (κ2) is 8.68. The van der Waals surface area contributed by atoms with E-state index >= 15 is 0 Å². The molecule has 1 fully saturated rings. The number of benzene rings is 2. The standard InChI is InChI=1S/C20H20FN3O5/c1-14(25)15-5-6-19(18(21)11-15)22-7-9-23(10-8-22)20(26)13-29-17-4-2-3-16(12-17)24(27)28/h2-6,11-12H,7-10,13H2,1H3. The van der Waals surface area contributed by atoms with E-state index in [1.807, 2.05) is 4.90 Å². The summed E-state index contributed by atoms with van der Waals surface area (Å²) >= 11 is 0. The molecule has 1 saturated heterocycles. The zero-order valence-electron chi connectivity index (χ0n) is 15.8. The van der Waals surface area contributed by atoms with Gasteiger partial charge in [-0.2, -0.15) is 0 Å². The third-order valence-corrected chi connectivity index (χ3v) is 4.72. The Labute approximate surface area is 166 Å². The summed E-state index contributed by atoms with van der Waals surface area (Å²) in [5, 5.41) is 10.8. The summed E-state index contributed by atoms with van der Waals surface area (Å²) in [5.41, 5.74) is 0.606. The second-order valence-electron chi connectivity index (χ2n) is 6.63. The van der Waals surface area contributed by atoms with Crippen molar-refractivity contribution >= 4 is 23.1 Å². The van der Waals surface area contributed by atoms with Crippen LogP contribution in [0.3, 0.4) is 0 Å². The van der Waals surface area contributed by atoms with Crippen LogP contribution in [0.5, 0.6) is 5.75 Å². The quantitative estimate of drug-likeness (QED) is 0.420. The monoisotopic (exact) mass is 401 g/mol. The van der Waals surface area contributed by atoms with Gasteiger partial charge in [0.1, 0.15) is 11.6 Å². The molecule has 0 unspecified atom stereocenters. The van der Waals surface area contributed by atoms with Gasteiger partial charge in [0.15, 0.2) is 12.4 Å². The summed E-state index contributed by atoms with van der Waals surface area (Å²) in [7, 11) is 0. The molecule has 152 valence electrons. The van der Waals surface area contributed by atoms with Gasteiger partial charge < -0.3 is 14.5 Å². The Hall–Kier alpha value is -3.49. The first kappa shape index (κ1) is 20.2. The number of nitro groups is 1. The number of anilines is 1. The van der Waals surface area contributed by atoms with Crippen LogP contribution in [0.15, 0.2) is 42.5 Å². The first-order chi connectivity index (χ1) is 13.8. The van der Waals surface area contributed by atoms with E-state index in [2.05, 4.69) is 0 Å². The number of carbonyl (C=O) groups is 2. The number of hydrogen-bond acceptors (Lipinski definition) is 6. The minimum Gasteiger partial charge on any atom is -0.484 e. The zero-order valence-corrected chi connectivity index (χ0v) is 15.8. The third-order valence-electron chi connectivity index (χ3n) is 4.72. The molecule has 0 aromatic heterocycles. The van der Waals surface area contributed by atoms with E-state index in [1.165, 1.54) is 31.2 Å². The summed E-state index contributed by atoms with van der Waals surface area (Å²) < 4.78 is 19.7. The van der Waals surface area contributed by atoms with Crippen molar-refractivity contribution in [2.24, 2.45) is 0 Å². The van der Waals surface area contributed by atoms with Crippen LogP contribution in [0.2, 0.25) is 0 Å². The van der Waals surface area contributed by atoms with Crippen LogP contribution in [-0.2, 0) is 4.79 Å². The average Bonchev–Trinajstić information content (AvgIpc) is 2.72. The predicted molar refractivity (Wildman–Crippen MR) is 104 cm³/mol. The highest BCUT2D eigenvalue weighted by molar-refractivity contribution is 5.94. The SMILES string of the molecule is CC(=O)c1ccc(N2CCN(C(=O)COc3cccc([N+](=O)[O-])c3)CC2)c(F)c1. The van der Waals surface area contributed by atoms with Crippen LogP contribution < -0.4 is 9.64 Å². The lowest BCUT2D eigenvalue weighted by Gasteiger charge is -2.36. The number of hydrogen-bond donors (Lipinski definition) is 0. The maximum absolute atomic E-state index is 14.3. The number of rotatable bonds is 6. The van der Waals surface area contributed by atoms with Gasteiger partial charge in [0.25, 0.3) is 11.6 Å². The van der Waals surface area contributed by atoms with Crippen molar-refractivity contribution in [3.8, 4) is 5.75 Å². The lowest BCUT2D eigenvalue weighted by Crippen LogP contribution is -2.50. The molecule has 0 saturated carbocycles. The molecule has 0 spiro atoms. The normalized spacial score (nSPS) is 13.9. The molecule has 0 aliphatic carbocycles. The molecule has 1 amide bonds. The Morgan fingerprint density at radius 3 is 2.48 bits per heavy atom. The van der Waals surface area contributed by atoms with Crippen molar-refractivity contribution in [3.05, 3.63) is 64.0 Å². The van der Waals surface area contributed by atoms with Crippen molar-refractivity contribution in [2.75, 3.05) is 37.7 Å². The summed E-state index contributed by atoms with van der Waals surface area (Å²) in [4.78, 5) is 37.4. The number of ether oxygens (including phenoxy) is 1. The minimum absolute atomic E-state index is 0.110. The van der Waals surface area contributed by atoms with Crippen LogP contribution in [0.4, 0.5) is 15.8 Å². The molecule has 0 bridgehead atoms. The fourth-order valence-corrected chi connectivity index (χ4v) is 3.10. The summed E-state index contributed by atoms with van der Waals surface area (Å²) in [6, 6.07) is 10.0. The summed E-state index contributed by atoms with van der Waals surface area (Å²) in [6.45, 7) is 2.82. The van der Waals surface area contributed by atoms with Gasteiger partial charge in [0.05, 0.1) is 16.7 Å². The molecule has 1 aliphatic heterocycles. The van der Waals surface area contributed by atoms with E-state index in [-0.39, 0.29) is 29.7 Å². The molecule has 8 nitrogen and oxygen atoms in total. The van der Waals surface area contributed by atoms with E-state index < -0.39 is 10.7 Å². The lowest BCUT2D eigenvalue weighted by molar-refractivity contribution is -0.384. The van der Waals surface area contributed by atoms with Gasteiger partial charge in [-0.15, -0.1) is 0 Å². The van der Waals surface area contributed by atoms with Crippen LogP contribution >= 0.6 is 0 Å². The van der Waals surface area contributed by atoms with Crippen LogP contribution in [-0.4, -0.2) is 54.3 Å². The first-order valence-electron chi connectivity index (χ1n) is 9.05. The molecule has 3 rings (SSSR count). The Balaban J connectivity index is 1.54. The van der Waals surface area contributed by atoms with E-state index in [4.69, 9.17) is 4.74 Å². The number of piperazine rings is 1. The number of halogens is 1. The molecule has 29 heavy (non-hydrogen) atoms. The number of nitrogens with zero attached hydrogens (tertiary/aromatic N) is 3. The van der Waals surface area contributed by atoms with Gasteiger partial charge in [-0.3, -0.25) is 19.7 Å². The average molecular weight is 401 g/mol. The van der Waals surface area contributed by atoms with Gasteiger partial charge >= 0.3 is 0 Å². The molecular weight excluding hydrogens is 381 g/mol. The topological polar surface area (TPSA) is 93.0 Å². The van der Waals surface area contributed by atoms with E-state index in [0.717, 1.165) is 0 Å². The fraction of sp³-hybridized carbons (Fsp3) is 0.300. The zero-order chi connectivity index (χ0) is 21.0. The molecule has 1 heterocycles. The van der Waals surface area contributed by atoms with Crippen LogP contribution in [0.1, 0.15) is 17.3 Å². The van der Waals surface area contributed by atoms with Gasteiger partial charge in [-0.05, 0) is 31.2 Å². The smallest absolute Gasteiger partial charge is 0.273 e. The number of carbonyl (C=O) groups excluding carboxylic acids is 2. The fourth-order valence-electron chi connectivity index (χ4n) is 3.10. The maximum Gasteiger partial charge on any atom is 0.273 e. The maximum atomic E-state index is 14.3. The number of ketones is 1. The van der Waals surface area contributed by atoms with Crippen molar-refractivity contribution in [1.82, 2.24) is 4.90 Å². The molecule has 2 aromatic rings. The molecule has 9 heteroatoms. The Morgan fingerprint density at radius 1 is 1.14 bits per heavy atom. The predicted octanol–water partition coefficient (Wildman–Crippen LogP) is 2.66. The van der Waals surface area contributed by atoms with Crippen molar-refractivity contribution in [1.29, 1.82) is 0 Å². The Morgan fingerprint density at radius 2 is 1.86 bits per heavy atom. The third kappa shape index (κ3) is 4.87. The molecule has 0 N–H and O–H groups in total. The summed E-state index contributed by atoms with van der Waals surface area (Å²) in [6.07, 6.45) is 0. The summed E-state index contributed by atoms with van der Waals surface area (Å²) in [5.74, 6) is -0.663. The van der Waals surface area contributed by atoms with E-state index in [1.54, 1.807) is 23.1 Å². The van der Waals surface area contributed by atoms with Gasteiger partial charge in [-0.25, -0.2) is 4.39 Å². The van der Waals surface area contributed by atoms with E-state index in [9.17, 15) is 24.1 Å². The van der Waals surface area contributed by atoms with Crippen LogP contribution in [0.25, 0.3) is 0 Å². The van der Waals surface area contributed by atoms with Gasteiger partial charge in [-0.1, -0.05) is 6.07 Å². The van der Waals surface area contributed by atoms with Crippen molar-refractivity contribution < 1.29 is 23.6 Å². The highest BCUT2D eigenvalue weighted by Gasteiger charge is 2.23. The molecule has 0 atom stereocenters. The van der Waals surface area contributed by atoms with Crippen molar-refractivity contribution in [3.63, 3.8) is 0 Å². The van der Waals surface area contributed by atoms with Crippen LogP contribution in [0, 0.1) is 15.9 Å². The molecule has 2 aromatic carbocycles. The Kier molecular flexibility index (Phi) is 6.06. The second-order valence-corrected chi connectivity index (χ2v) is 6.63. The van der Waals surface area contributed by atoms with Gasteiger partial charge in [0.2, 0.25) is 0 Å². The number of Topliss-reactive ketones (excluding diaryl/α,β-unsaturated/α-hetero) is 1. The Bertz CT molecular complexity index is 941. The highest BCUT2D eigenvalue weighted by atomic mass is 19.1. The number of amides is 1. The first-order valence-corrected chi connectivity index (χ1v) is 9.05. The molecule has 0 radical (unpaired) electrons. The number of nitro benzene ring substituents is 1. The molecular formula is C20H20FN3O5. The number of non-ortho nitro benzene ring substituents is 1. The van der Waals surface area contributed by atoms with E-state index in [0.29, 0.717) is 37.4 Å². The van der Waals surface area contributed by atoms with Gasteiger partial charge in [0, 0.05) is 37.8 Å². The largest absolute Gasteiger partial charge is 0.484 e. The van der Waals surface area contributed by atoms with Crippen molar-refractivity contribution in [2.45, 2.75) is 6.92 Å². The highest BCUT2D eigenvalue weighted by Crippen LogP contribution is 2.23.